The van der Waals surface area contributed by atoms with E-state index in [0.29, 0.717) is 28.0 Å². The van der Waals surface area contributed by atoms with E-state index in [2.05, 4.69) is 25.0 Å². The monoisotopic (exact) mass is 558 g/mol. The molecule has 1 atom stereocenters. The SMILES string of the molecule is O=C(NCc1cc2nc(-c3cccc(OC(F)F)n3)ccc2cn1)c1ccc2c(c1)S(=O)(=O)[C@@H](F)CCOC2. The van der Waals surface area contributed by atoms with E-state index in [9.17, 15) is 26.4 Å². The zero-order valence-corrected chi connectivity index (χ0v) is 21.0. The highest BCUT2D eigenvalue weighted by molar-refractivity contribution is 7.92. The van der Waals surface area contributed by atoms with Gasteiger partial charge in [-0.25, -0.2) is 22.8 Å². The third kappa shape index (κ3) is 5.83. The van der Waals surface area contributed by atoms with Gasteiger partial charge >= 0.3 is 6.61 Å². The molecule has 0 aliphatic carbocycles. The minimum atomic E-state index is -4.26. The summed E-state index contributed by atoms with van der Waals surface area (Å²) in [6, 6.07) is 13.5. The molecule has 1 N–H and O–H groups in total. The molecule has 3 aromatic heterocycles. The standard InChI is InChI=1S/C26H21F3N4O5S/c27-23-8-9-37-14-17-5-4-15(10-22(17)39(23,35)36)25(34)31-13-18-11-21-16(12-30-18)6-7-20(32-21)19-2-1-3-24(33-19)38-26(28)29/h1-7,10-12,23,26H,8-9,13-14H2,(H,31,34)/t23-/m1/s1. The van der Waals surface area contributed by atoms with Crippen LogP contribution in [0.25, 0.3) is 22.3 Å². The molecule has 0 unspecified atom stereocenters. The van der Waals surface area contributed by atoms with Crippen LogP contribution in [0.4, 0.5) is 13.2 Å². The summed E-state index contributed by atoms with van der Waals surface area (Å²) in [6.45, 7) is -3.03. The molecule has 0 radical (unpaired) electrons. The Bertz CT molecular complexity index is 1650. The van der Waals surface area contributed by atoms with Crippen molar-refractivity contribution in [3.63, 3.8) is 0 Å². The Labute approximate surface area is 220 Å². The smallest absolute Gasteiger partial charge is 0.388 e. The number of aromatic nitrogens is 3. The van der Waals surface area contributed by atoms with Crippen LogP contribution in [0.5, 0.6) is 5.88 Å². The van der Waals surface area contributed by atoms with Crippen LogP contribution in [0, 0.1) is 0 Å². The van der Waals surface area contributed by atoms with Gasteiger partial charge in [-0.15, -0.1) is 0 Å². The zero-order valence-electron chi connectivity index (χ0n) is 20.2. The molecule has 1 amide bonds. The van der Waals surface area contributed by atoms with Gasteiger partial charge in [0.1, 0.15) is 0 Å². The quantitative estimate of drug-likeness (QED) is 0.374. The summed E-state index contributed by atoms with van der Waals surface area (Å²) in [5, 5.41) is 3.37. The molecule has 1 aliphatic rings. The molecule has 0 bridgehead atoms. The van der Waals surface area contributed by atoms with Gasteiger partial charge in [-0.2, -0.15) is 8.78 Å². The number of alkyl halides is 3. The Morgan fingerprint density at radius 1 is 1.10 bits per heavy atom. The Hall–Kier alpha value is -4.10. The first kappa shape index (κ1) is 26.5. The number of sulfone groups is 1. The maximum Gasteiger partial charge on any atom is 0.388 e. The van der Waals surface area contributed by atoms with Crippen molar-refractivity contribution in [1.29, 1.82) is 0 Å². The van der Waals surface area contributed by atoms with Crippen LogP contribution in [0.2, 0.25) is 0 Å². The number of carbonyl (C=O) groups excluding carboxylic acids is 1. The van der Waals surface area contributed by atoms with Gasteiger partial charge in [0.25, 0.3) is 5.91 Å². The second-order valence-corrected chi connectivity index (χ2v) is 10.6. The Kier molecular flexibility index (Phi) is 7.44. The molecular formula is C26H21F3N4O5S. The van der Waals surface area contributed by atoms with Gasteiger partial charge in [0.15, 0.2) is 0 Å². The lowest BCUT2D eigenvalue weighted by molar-refractivity contribution is -0.0527. The number of carbonyl (C=O) groups is 1. The summed E-state index contributed by atoms with van der Waals surface area (Å²) in [5.41, 5.74) is -0.0640. The molecule has 0 saturated carbocycles. The molecule has 4 heterocycles. The van der Waals surface area contributed by atoms with Crippen molar-refractivity contribution in [2.75, 3.05) is 6.61 Å². The fourth-order valence-electron chi connectivity index (χ4n) is 4.02. The average molecular weight is 559 g/mol. The van der Waals surface area contributed by atoms with Crippen molar-refractivity contribution in [2.45, 2.75) is 36.6 Å². The number of nitrogens with one attached hydrogen (secondary N) is 1. The van der Waals surface area contributed by atoms with Crippen LogP contribution in [-0.4, -0.2) is 48.0 Å². The minimum Gasteiger partial charge on any atom is -0.417 e. The van der Waals surface area contributed by atoms with E-state index in [1.165, 1.54) is 24.3 Å². The third-order valence-electron chi connectivity index (χ3n) is 5.98. The van der Waals surface area contributed by atoms with Crippen molar-refractivity contribution in [3.05, 3.63) is 77.6 Å². The number of rotatable bonds is 6. The van der Waals surface area contributed by atoms with Gasteiger partial charge in [0, 0.05) is 29.6 Å². The predicted octanol–water partition coefficient (Wildman–Crippen LogP) is 4.21. The molecule has 13 heteroatoms. The van der Waals surface area contributed by atoms with Crippen LogP contribution < -0.4 is 10.1 Å². The molecule has 1 aliphatic heterocycles. The maximum absolute atomic E-state index is 14.3. The lowest BCUT2D eigenvalue weighted by atomic mass is 10.1. The van der Waals surface area contributed by atoms with Crippen LogP contribution in [0.1, 0.15) is 28.0 Å². The number of hydrogen-bond donors (Lipinski definition) is 1. The first-order valence-electron chi connectivity index (χ1n) is 11.8. The van der Waals surface area contributed by atoms with Gasteiger partial charge in [0.2, 0.25) is 21.2 Å². The molecule has 39 heavy (non-hydrogen) atoms. The van der Waals surface area contributed by atoms with Crippen molar-refractivity contribution in [1.82, 2.24) is 20.3 Å². The van der Waals surface area contributed by atoms with Crippen molar-refractivity contribution < 1.29 is 35.9 Å². The second-order valence-electron chi connectivity index (χ2n) is 8.61. The highest BCUT2D eigenvalue weighted by Crippen LogP contribution is 2.28. The zero-order chi connectivity index (χ0) is 27.6. The lowest BCUT2D eigenvalue weighted by Gasteiger charge is -2.18. The molecule has 0 fully saturated rings. The number of nitrogens with zero attached hydrogens (tertiary/aromatic N) is 3. The number of amides is 1. The van der Waals surface area contributed by atoms with Gasteiger partial charge in [-0.05, 0) is 42.0 Å². The van der Waals surface area contributed by atoms with Crippen molar-refractivity contribution >= 4 is 26.6 Å². The molecule has 9 nitrogen and oxygen atoms in total. The first-order valence-corrected chi connectivity index (χ1v) is 13.3. The fraction of sp³-hybridized carbons (Fsp3) is 0.231. The molecular weight excluding hydrogens is 537 g/mol. The van der Waals surface area contributed by atoms with E-state index in [0.717, 1.165) is 6.07 Å². The summed E-state index contributed by atoms with van der Waals surface area (Å²) in [6.07, 6.45) is 1.28. The number of benzene rings is 1. The van der Waals surface area contributed by atoms with Crippen LogP contribution in [0.3, 0.4) is 0 Å². The minimum absolute atomic E-state index is 0.00175. The van der Waals surface area contributed by atoms with Crippen molar-refractivity contribution in [2.24, 2.45) is 0 Å². The molecule has 202 valence electrons. The summed E-state index contributed by atoms with van der Waals surface area (Å²) in [7, 11) is -4.26. The van der Waals surface area contributed by atoms with E-state index in [4.69, 9.17) is 4.74 Å². The molecule has 1 aromatic carbocycles. The molecule has 5 rings (SSSR count). The third-order valence-corrected chi connectivity index (χ3v) is 7.88. The summed E-state index contributed by atoms with van der Waals surface area (Å²) < 4.78 is 74.3. The maximum atomic E-state index is 14.3. The molecule has 4 aromatic rings. The van der Waals surface area contributed by atoms with E-state index in [-0.39, 0.29) is 48.1 Å². The van der Waals surface area contributed by atoms with Gasteiger partial charge in [0.05, 0.1) is 47.3 Å². The number of fused-ring (bicyclic) bond motifs is 2. The largest absolute Gasteiger partial charge is 0.417 e. The van der Waals surface area contributed by atoms with Gasteiger partial charge in [-0.1, -0.05) is 12.1 Å². The van der Waals surface area contributed by atoms with Crippen LogP contribution in [-0.2, 0) is 27.7 Å². The van der Waals surface area contributed by atoms with Crippen LogP contribution in [0.15, 0.2) is 65.7 Å². The normalized spacial score (nSPS) is 16.8. The Balaban J connectivity index is 1.34. The number of ether oxygens (including phenoxy) is 2. The highest BCUT2D eigenvalue weighted by atomic mass is 32.2. The van der Waals surface area contributed by atoms with Crippen molar-refractivity contribution in [3.8, 4) is 17.3 Å². The average Bonchev–Trinajstić information content (AvgIpc) is 2.92. The Morgan fingerprint density at radius 2 is 1.92 bits per heavy atom. The van der Waals surface area contributed by atoms with E-state index < -0.39 is 27.9 Å². The lowest BCUT2D eigenvalue weighted by Crippen LogP contribution is -2.26. The predicted molar refractivity (Wildman–Crippen MR) is 133 cm³/mol. The van der Waals surface area contributed by atoms with Crippen LogP contribution >= 0.6 is 0 Å². The fourth-order valence-corrected chi connectivity index (χ4v) is 5.48. The van der Waals surface area contributed by atoms with E-state index in [1.807, 2.05) is 0 Å². The first-order chi connectivity index (χ1) is 18.7. The van der Waals surface area contributed by atoms with E-state index in [1.54, 1.807) is 30.5 Å². The number of pyridine rings is 3. The van der Waals surface area contributed by atoms with E-state index >= 15 is 0 Å². The summed E-state index contributed by atoms with van der Waals surface area (Å²) in [5.74, 6) is -0.812. The van der Waals surface area contributed by atoms with Gasteiger partial charge < -0.3 is 14.8 Å². The topological polar surface area (TPSA) is 120 Å². The number of halogens is 3. The second kappa shape index (κ2) is 10.9. The highest BCUT2D eigenvalue weighted by Gasteiger charge is 2.31. The number of hydrogen-bond acceptors (Lipinski definition) is 8. The molecule has 0 saturated heterocycles. The summed E-state index contributed by atoms with van der Waals surface area (Å²) in [4.78, 5) is 25.4. The van der Waals surface area contributed by atoms with Gasteiger partial charge in [-0.3, -0.25) is 9.78 Å². The summed E-state index contributed by atoms with van der Waals surface area (Å²) >= 11 is 0. The Morgan fingerprint density at radius 3 is 2.74 bits per heavy atom. The molecule has 0 spiro atoms.